The number of hydrogen-bond donors (Lipinski definition) is 2. The minimum atomic E-state index is -0.726. The van der Waals surface area contributed by atoms with Crippen molar-refractivity contribution in [3.8, 4) is 5.75 Å². The lowest BCUT2D eigenvalue weighted by Crippen LogP contribution is -2.52. The van der Waals surface area contributed by atoms with Crippen molar-refractivity contribution in [1.82, 2.24) is 0 Å². The molecule has 5 unspecified atom stereocenters. The van der Waals surface area contributed by atoms with Crippen LogP contribution in [0.3, 0.4) is 0 Å². The summed E-state index contributed by atoms with van der Waals surface area (Å²) in [6, 6.07) is 3.48. The van der Waals surface area contributed by atoms with Gasteiger partial charge in [-0.05, 0) is 43.0 Å². The van der Waals surface area contributed by atoms with Crippen LogP contribution in [0.1, 0.15) is 38.8 Å². The van der Waals surface area contributed by atoms with Crippen LogP contribution < -0.4 is 10.5 Å². The Kier molecular flexibility index (Phi) is 5.72. The van der Waals surface area contributed by atoms with Gasteiger partial charge < -0.3 is 25.1 Å². The second-order valence-corrected chi connectivity index (χ2v) is 6.61. The van der Waals surface area contributed by atoms with Gasteiger partial charge in [0, 0.05) is 12.8 Å². The molecule has 6 heteroatoms. The van der Waals surface area contributed by atoms with Gasteiger partial charge in [-0.2, -0.15) is 0 Å². The van der Waals surface area contributed by atoms with E-state index in [-0.39, 0.29) is 30.5 Å². The number of aryl methyl sites for hydroxylation is 1. The number of aliphatic hydroxyl groups is 1. The molecule has 0 aliphatic carbocycles. The smallest absolute Gasteiger partial charge is 0.303 e. The minimum Gasteiger partial charge on any atom is -0.458 e. The van der Waals surface area contributed by atoms with Gasteiger partial charge >= 0.3 is 5.97 Å². The van der Waals surface area contributed by atoms with E-state index < -0.39 is 12.4 Å². The molecular formula is C18H27NO5. The standard InChI is InChI=1S/C18H27NO5/c1-9-6-14(8-20)7-15(19)16(9)24-18-17(23-13(5)21)11(3)10(2)12(4)22-18/h6-7,10-12,17-18,20H,8,19H2,1-5H3. The molecule has 1 aromatic carbocycles. The average molecular weight is 337 g/mol. The van der Waals surface area contributed by atoms with Crippen LogP contribution in [-0.4, -0.2) is 29.6 Å². The maximum Gasteiger partial charge on any atom is 0.303 e. The normalized spacial score (nSPS) is 30.0. The van der Waals surface area contributed by atoms with Crippen LogP contribution in [0.5, 0.6) is 5.75 Å². The number of esters is 1. The SMILES string of the molecule is CC(=O)OC1C(Oc2c(C)cc(CO)cc2N)OC(C)C(C)C1C. The Balaban J connectivity index is 2.29. The Bertz CT molecular complexity index is 580. The molecule has 0 bridgehead atoms. The Morgan fingerprint density at radius 1 is 1.29 bits per heavy atom. The summed E-state index contributed by atoms with van der Waals surface area (Å²) in [7, 11) is 0. The van der Waals surface area contributed by atoms with Gasteiger partial charge in [0.05, 0.1) is 18.4 Å². The van der Waals surface area contributed by atoms with Crippen LogP contribution in [0.4, 0.5) is 5.69 Å². The van der Waals surface area contributed by atoms with E-state index in [4.69, 9.17) is 19.9 Å². The summed E-state index contributed by atoms with van der Waals surface area (Å²) >= 11 is 0. The van der Waals surface area contributed by atoms with Gasteiger partial charge in [-0.1, -0.05) is 13.8 Å². The predicted molar refractivity (Wildman–Crippen MR) is 90.4 cm³/mol. The molecule has 0 aromatic heterocycles. The van der Waals surface area contributed by atoms with Gasteiger partial charge in [0.15, 0.2) is 6.10 Å². The molecule has 0 spiro atoms. The van der Waals surface area contributed by atoms with Crippen molar-refractivity contribution in [2.24, 2.45) is 11.8 Å². The number of rotatable bonds is 4. The minimum absolute atomic E-state index is 0.0324. The molecule has 1 aromatic rings. The number of aliphatic hydroxyl groups excluding tert-OH is 1. The van der Waals surface area contributed by atoms with Crippen LogP contribution in [0, 0.1) is 18.8 Å². The summed E-state index contributed by atoms with van der Waals surface area (Å²) in [6.45, 7) is 9.21. The zero-order valence-corrected chi connectivity index (χ0v) is 14.9. The molecule has 134 valence electrons. The van der Waals surface area contributed by atoms with Crippen molar-refractivity contribution >= 4 is 11.7 Å². The fraction of sp³-hybridized carbons (Fsp3) is 0.611. The van der Waals surface area contributed by atoms with Crippen LogP contribution >= 0.6 is 0 Å². The fourth-order valence-corrected chi connectivity index (χ4v) is 3.08. The number of hydrogen-bond acceptors (Lipinski definition) is 6. The third-order valence-corrected chi connectivity index (χ3v) is 4.79. The first-order chi connectivity index (χ1) is 11.2. The van der Waals surface area contributed by atoms with Crippen LogP contribution in [0.25, 0.3) is 0 Å². The monoisotopic (exact) mass is 337 g/mol. The molecule has 1 aliphatic heterocycles. The first kappa shape index (κ1) is 18.5. The van der Waals surface area contributed by atoms with Crippen molar-refractivity contribution < 1.29 is 24.1 Å². The van der Waals surface area contributed by atoms with Crippen LogP contribution in [0.15, 0.2) is 12.1 Å². The van der Waals surface area contributed by atoms with E-state index in [0.29, 0.717) is 17.0 Å². The number of nitrogen functional groups attached to an aromatic ring is 1. The van der Waals surface area contributed by atoms with Gasteiger partial charge in [-0.15, -0.1) is 0 Å². The highest BCUT2D eigenvalue weighted by molar-refractivity contribution is 5.66. The molecule has 6 nitrogen and oxygen atoms in total. The molecule has 1 fully saturated rings. The topological polar surface area (TPSA) is 91.0 Å². The van der Waals surface area contributed by atoms with Crippen molar-refractivity contribution in [3.63, 3.8) is 0 Å². The zero-order chi connectivity index (χ0) is 18.0. The lowest BCUT2D eigenvalue weighted by molar-refractivity contribution is -0.242. The van der Waals surface area contributed by atoms with Crippen molar-refractivity contribution in [1.29, 1.82) is 0 Å². The summed E-state index contributed by atoms with van der Waals surface area (Å²) in [5.74, 6) is 0.430. The number of benzene rings is 1. The highest BCUT2D eigenvalue weighted by atomic mass is 16.7. The lowest BCUT2D eigenvalue weighted by atomic mass is 9.84. The zero-order valence-electron chi connectivity index (χ0n) is 14.9. The van der Waals surface area contributed by atoms with E-state index in [1.54, 1.807) is 6.07 Å². The van der Waals surface area contributed by atoms with Gasteiger partial charge in [0.1, 0.15) is 5.75 Å². The molecule has 0 saturated carbocycles. The molecule has 24 heavy (non-hydrogen) atoms. The van der Waals surface area contributed by atoms with E-state index in [9.17, 15) is 9.90 Å². The molecular weight excluding hydrogens is 310 g/mol. The first-order valence-corrected chi connectivity index (χ1v) is 8.23. The summed E-state index contributed by atoms with van der Waals surface area (Å²) < 4.78 is 17.4. The highest BCUT2D eigenvalue weighted by Crippen LogP contribution is 2.36. The first-order valence-electron chi connectivity index (χ1n) is 8.23. The fourth-order valence-electron chi connectivity index (χ4n) is 3.08. The Labute approximate surface area is 142 Å². The molecule has 1 heterocycles. The second-order valence-electron chi connectivity index (χ2n) is 6.61. The molecule has 1 aliphatic rings. The van der Waals surface area contributed by atoms with E-state index in [2.05, 4.69) is 6.92 Å². The largest absolute Gasteiger partial charge is 0.458 e. The molecule has 3 N–H and O–H groups in total. The molecule has 2 rings (SSSR count). The number of anilines is 1. The van der Waals surface area contributed by atoms with Gasteiger partial charge in [-0.3, -0.25) is 4.79 Å². The van der Waals surface area contributed by atoms with Crippen LogP contribution in [-0.2, 0) is 20.9 Å². The molecule has 0 amide bonds. The number of ether oxygens (including phenoxy) is 3. The van der Waals surface area contributed by atoms with Gasteiger partial charge in [-0.25, -0.2) is 0 Å². The maximum atomic E-state index is 11.5. The Hall–Kier alpha value is -1.79. The van der Waals surface area contributed by atoms with E-state index in [1.807, 2.05) is 26.8 Å². The maximum absolute atomic E-state index is 11.5. The second kappa shape index (κ2) is 7.40. The van der Waals surface area contributed by atoms with Crippen molar-refractivity contribution in [2.45, 2.75) is 59.7 Å². The third-order valence-electron chi connectivity index (χ3n) is 4.79. The molecule has 5 atom stereocenters. The van der Waals surface area contributed by atoms with E-state index in [0.717, 1.165) is 5.56 Å². The van der Waals surface area contributed by atoms with Gasteiger partial charge in [0.25, 0.3) is 0 Å². The summed E-state index contributed by atoms with van der Waals surface area (Å²) in [6.07, 6.45) is -1.27. The third kappa shape index (κ3) is 3.82. The summed E-state index contributed by atoms with van der Waals surface area (Å²) in [5.41, 5.74) is 7.99. The average Bonchev–Trinajstić information content (AvgIpc) is 2.51. The molecule has 1 saturated heterocycles. The predicted octanol–water partition coefficient (Wildman–Crippen LogP) is 2.40. The van der Waals surface area contributed by atoms with Crippen molar-refractivity contribution in [2.75, 3.05) is 5.73 Å². The van der Waals surface area contributed by atoms with E-state index in [1.165, 1.54) is 6.92 Å². The lowest BCUT2D eigenvalue weighted by Gasteiger charge is -2.42. The number of carbonyl (C=O) groups is 1. The number of carbonyl (C=O) groups excluding carboxylic acids is 1. The van der Waals surface area contributed by atoms with Crippen molar-refractivity contribution in [3.05, 3.63) is 23.3 Å². The number of nitrogens with two attached hydrogens (primary N) is 1. The highest BCUT2D eigenvalue weighted by Gasteiger charge is 2.43. The van der Waals surface area contributed by atoms with Gasteiger partial charge in [0.2, 0.25) is 6.29 Å². The van der Waals surface area contributed by atoms with E-state index >= 15 is 0 Å². The summed E-state index contributed by atoms with van der Waals surface area (Å²) in [4.78, 5) is 11.5. The Morgan fingerprint density at radius 2 is 1.96 bits per heavy atom. The van der Waals surface area contributed by atoms with Crippen LogP contribution in [0.2, 0.25) is 0 Å². The molecule has 0 radical (unpaired) electrons. The summed E-state index contributed by atoms with van der Waals surface area (Å²) in [5, 5.41) is 9.26. The Morgan fingerprint density at radius 3 is 2.50 bits per heavy atom. The quantitative estimate of drug-likeness (QED) is 0.647.